The fourth-order valence-corrected chi connectivity index (χ4v) is 5.70. The van der Waals surface area contributed by atoms with E-state index in [1.165, 1.54) is 154 Å². The van der Waals surface area contributed by atoms with Crippen LogP contribution in [0.2, 0.25) is 0 Å². The van der Waals surface area contributed by atoms with Gasteiger partial charge in [0.2, 0.25) is 0 Å². The van der Waals surface area contributed by atoms with Crippen LogP contribution in [0.15, 0.2) is 48.6 Å². The lowest BCUT2D eigenvalue weighted by Crippen LogP contribution is -2.12. The summed E-state index contributed by atoms with van der Waals surface area (Å²) in [5.74, 6) is 0.535. The minimum Gasteiger partial charge on any atom is -0.466 e. The van der Waals surface area contributed by atoms with Gasteiger partial charge < -0.3 is 4.74 Å². The van der Waals surface area contributed by atoms with Gasteiger partial charge in [-0.1, -0.05) is 159 Å². The molecule has 0 atom stereocenters. The van der Waals surface area contributed by atoms with Crippen molar-refractivity contribution in [3.8, 4) is 0 Å². The Morgan fingerprint density at radius 1 is 0.455 bits per heavy atom. The number of ether oxygens (including phenoxy) is 1. The average Bonchev–Trinajstić information content (AvgIpc) is 3.03. The van der Waals surface area contributed by atoms with Gasteiger partial charge in [0.1, 0.15) is 0 Å². The van der Waals surface area contributed by atoms with Gasteiger partial charge in [0.25, 0.3) is 0 Å². The summed E-state index contributed by atoms with van der Waals surface area (Å²) in [6.07, 6.45) is 53.6. The lowest BCUT2D eigenvalue weighted by Gasteiger charge is -2.16. The molecule has 0 bridgehead atoms. The lowest BCUT2D eigenvalue weighted by atomic mass is 9.91. The summed E-state index contributed by atoms with van der Waals surface area (Å²) in [6, 6.07) is 0. The number of hydrogen-bond donors (Lipinski definition) is 0. The van der Waals surface area contributed by atoms with Crippen LogP contribution < -0.4 is 0 Å². The molecule has 0 aliphatic rings. The van der Waals surface area contributed by atoms with Crippen LogP contribution in [-0.2, 0) is 9.53 Å². The van der Waals surface area contributed by atoms with E-state index in [0.29, 0.717) is 18.9 Å². The largest absolute Gasteiger partial charge is 0.466 e. The van der Waals surface area contributed by atoms with Crippen molar-refractivity contribution < 1.29 is 9.53 Å². The molecular formula is C42H76O2. The van der Waals surface area contributed by atoms with E-state index in [1.807, 2.05) is 0 Å². The monoisotopic (exact) mass is 613 g/mol. The number of allylic oxidation sites excluding steroid dienone is 8. The van der Waals surface area contributed by atoms with Crippen molar-refractivity contribution in [2.45, 2.75) is 201 Å². The van der Waals surface area contributed by atoms with Crippen LogP contribution in [0.5, 0.6) is 0 Å². The molecule has 0 saturated carbocycles. The molecule has 0 unspecified atom stereocenters. The number of esters is 1. The van der Waals surface area contributed by atoms with Crippen LogP contribution in [0.1, 0.15) is 201 Å². The van der Waals surface area contributed by atoms with Gasteiger partial charge >= 0.3 is 5.97 Å². The molecule has 0 fully saturated rings. The predicted octanol–water partition coefficient (Wildman–Crippen LogP) is 14.4. The first-order valence-electron chi connectivity index (χ1n) is 19.5. The summed E-state index contributed by atoms with van der Waals surface area (Å²) >= 11 is 0. The highest BCUT2D eigenvalue weighted by Crippen LogP contribution is 2.23. The van der Waals surface area contributed by atoms with E-state index < -0.39 is 0 Å². The van der Waals surface area contributed by atoms with Gasteiger partial charge in [-0.2, -0.15) is 0 Å². The van der Waals surface area contributed by atoms with Crippen LogP contribution in [0.4, 0.5) is 0 Å². The maximum absolute atomic E-state index is 12.3. The zero-order valence-electron chi connectivity index (χ0n) is 30.0. The number of carbonyl (C=O) groups is 1. The SMILES string of the molecule is CCCCC/C=C\C/C=C\CCCCCCCCC(CCCCCCCC/C=C\C/C=C\CCCCC)CC(=O)OCCC. The molecule has 0 aliphatic carbocycles. The Hall–Kier alpha value is -1.57. The van der Waals surface area contributed by atoms with Crippen molar-refractivity contribution in [2.24, 2.45) is 5.92 Å². The molecule has 0 radical (unpaired) electrons. The summed E-state index contributed by atoms with van der Waals surface area (Å²) in [5.41, 5.74) is 0. The molecule has 0 aliphatic heterocycles. The molecule has 0 rings (SSSR count). The van der Waals surface area contributed by atoms with Crippen molar-refractivity contribution in [1.82, 2.24) is 0 Å². The molecule has 44 heavy (non-hydrogen) atoms. The molecular weight excluding hydrogens is 536 g/mol. The van der Waals surface area contributed by atoms with E-state index in [4.69, 9.17) is 4.74 Å². The average molecular weight is 613 g/mol. The Morgan fingerprint density at radius 3 is 1.20 bits per heavy atom. The molecule has 0 heterocycles. The second-order valence-corrected chi connectivity index (χ2v) is 13.0. The van der Waals surface area contributed by atoms with E-state index in [9.17, 15) is 4.79 Å². The summed E-state index contributed by atoms with van der Waals surface area (Å²) in [6.45, 7) is 7.16. The highest BCUT2D eigenvalue weighted by atomic mass is 16.5. The molecule has 0 saturated heterocycles. The first-order chi connectivity index (χ1) is 21.7. The highest BCUT2D eigenvalue weighted by Gasteiger charge is 2.14. The van der Waals surface area contributed by atoms with Gasteiger partial charge in [0.15, 0.2) is 0 Å². The quantitative estimate of drug-likeness (QED) is 0.0410. The summed E-state index contributed by atoms with van der Waals surface area (Å²) in [7, 11) is 0. The third kappa shape index (κ3) is 34.9. The Morgan fingerprint density at radius 2 is 0.818 bits per heavy atom. The molecule has 0 amide bonds. The van der Waals surface area contributed by atoms with Crippen LogP contribution in [0.25, 0.3) is 0 Å². The van der Waals surface area contributed by atoms with E-state index >= 15 is 0 Å². The van der Waals surface area contributed by atoms with Gasteiger partial charge in [-0.15, -0.1) is 0 Å². The normalized spacial score (nSPS) is 12.3. The van der Waals surface area contributed by atoms with Gasteiger partial charge in [-0.05, 0) is 89.4 Å². The third-order valence-electron chi connectivity index (χ3n) is 8.55. The maximum Gasteiger partial charge on any atom is 0.306 e. The molecule has 0 aromatic carbocycles. The van der Waals surface area contributed by atoms with Crippen molar-refractivity contribution in [1.29, 1.82) is 0 Å². The van der Waals surface area contributed by atoms with Crippen molar-refractivity contribution in [3.63, 3.8) is 0 Å². The van der Waals surface area contributed by atoms with Crippen molar-refractivity contribution in [2.75, 3.05) is 6.61 Å². The first kappa shape index (κ1) is 42.4. The molecule has 0 N–H and O–H groups in total. The van der Waals surface area contributed by atoms with Crippen LogP contribution in [0, 0.1) is 5.92 Å². The second-order valence-electron chi connectivity index (χ2n) is 13.0. The molecule has 0 spiro atoms. The lowest BCUT2D eigenvalue weighted by molar-refractivity contribution is -0.144. The van der Waals surface area contributed by atoms with Gasteiger partial charge in [-0.3, -0.25) is 4.79 Å². The van der Waals surface area contributed by atoms with Crippen molar-refractivity contribution in [3.05, 3.63) is 48.6 Å². The predicted molar refractivity (Wildman–Crippen MR) is 197 cm³/mol. The molecule has 2 nitrogen and oxygen atoms in total. The minimum absolute atomic E-state index is 0.0249. The molecule has 2 heteroatoms. The van der Waals surface area contributed by atoms with Crippen molar-refractivity contribution >= 4 is 5.97 Å². The third-order valence-corrected chi connectivity index (χ3v) is 8.55. The molecule has 0 aromatic heterocycles. The zero-order chi connectivity index (χ0) is 32.0. The van der Waals surface area contributed by atoms with E-state index in [0.717, 1.165) is 19.3 Å². The van der Waals surface area contributed by atoms with Gasteiger partial charge in [0, 0.05) is 6.42 Å². The Bertz CT molecular complexity index is 638. The fourth-order valence-electron chi connectivity index (χ4n) is 5.70. The fraction of sp³-hybridized carbons (Fsp3) is 0.786. The van der Waals surface area contributed by atoms with Crippen LogP contribution in [-0.4, -0.2) is 12.6 Å². The minimum atomic E-state index is 0.0249. The molecule has 0 aromatic rings. The standard InChI is InChI=1S/C42H76O2/c1-4-7-9-11-13-15-17-19-21-23-25-27-29-31-33-35-37-41(40-42(43)44-39-6-3)38-36-34-32-30-28-26-24-22-20-18-16-14-12-10-8-5-2/h13-16,19-22,41H,4-12,17-18,23-40H2,1-3H3/b15-13-,16-14-,21-19-,22-20-. The van der Waals surface area contributed by atoms with Gasteiger partial charge in [-0.25, -0.2) is 0 Å². The topological polar surface area (TPSA) is 26.3 Å². The first-order valence-corrected chi connectivity index (χ1v) is 19.5. The van der Waals surface area contributed by atoms with Crippen LogP contribution in [0.3, 0.4) is 0 Å². The summed E-state index contributed by atoms with van der Waals surface area (Å²) in [5, 5.41) is 0. The highest BCUT2D eigenvalue weighted by molar-refractivity contribution is 5.69. The summed E-state index contributed by atoms with van der Waals surface area (Å²) in [4.78, 5) is 12.3. The Kier molecular flexibility index (Phi) is 36.3. The smallest absolute Gasteiger partial charge is 0.306 e. The molecule has 256 valence electrons. The number of rotatable bonds is 34. The van der Waals surface area contributed by atoms with Gasteiger partial charge in [0.05, 0.1) is 6.61 Å². The zero-order valence-corrected chi connectivity index (χ0v) is 30.0. The maximum atomic E-state index is 12.3. The Balaban J connectivity index is 3.88. The van der Waals surface area contributed by atoms with E-state index in [2.05, 4.69) is 69.4 Å². The second kappa shape index (κ2) is 37.6. The number of unbranched alkanes of at least 4 members (excludes halogenated alkanes) is 18. The summed E-state index contributed by atoms with van der Waals surface area (Å²) < 4.78 is 5.43. The Labute approximate surface area is 276 Å². The number of hydrogen-bond acceptors (Lipinski definition) is 2. The number of carbonyl (C=O) groups excluding carboxylic acids is 1. The van der Waals surface area contributed by atoms with Crippen LogP contribution >= 0.6 is 0 Å². The van der Waals surface area contributed by atoms with E-state index in [-0.39, 0.29) is 5.97 Å². The van der Waals surface area contributed by atoms with E-state index in [1.54, 1.807) is 0 Å².